The van der Waals surface area contributed by atoms with Crippen molar-refractivity contribution in [2.45, 2.75) is 62.9 Å². The van der Waals surface area contributed by atoms with Crippen LogP contribution in [0.5, 0.6) is 0 Å². The lowest BCUT2D eigenvalue weighted by Crippen LogP contribution is -2.41. The summed E-state index contributed by atoms with van der Waals surface area (Å²) in [6, 6.07) is 9.08. The fourth-order valence-electron chi connectivity index (χ4n) is 3.97. The molecule has 3 saturated carbocycles. The first-order chi connectivity index (χ1) is 10.3. The second kappa shape index (κ2) is 5.31. The summed E-state index contributed by atoms with van der Waals surface area (Å²) < 4.78 is 0. The summed E-state index contributed by atoms with van der Waals surface area (Å²) in [7, 11) is 0. The van der Waals surface area contributed by atoms with E-state index in [1.54, 1.807) is 0 Å². The van der Waals surface area contributed by atoms with E-state index in [0.29, 0.717) is 23.9 Å². The van der Waals surface area contributed by atoms with Gasteiger partial charge in [-0.3, -0.25) is 4.79 Å². The maximum absolute atomic E-state index is 13.0. The van der Waals surface area contributed by atoms with E-state index in [1.165, 1.54) is 44.1 Å². The molecule has 2 unspecified atom stereocenters. The first-order valence-corrected chi connectivity index (χ1v) is 8.70. The van der Waals surface area contributed by atoms with Crippen molar-refractivity contribution in [3.8, 4) is 0 Å². The van der Waals surface area contributed by atoms with Gasteiger partial charge < -0.3 is 4.90 Å². The van der Waals surface area contributed by atoms with Crippen LogP contribution in [0.4, 0.5) is 0 Å². The minimum atomic E-state index is 0.186. The average molecular weight is 304 g/mol. The molecule has 3 aliphatic rings. The number of nitrogens with zero attached hydrogens (tertiary/aromatic N) is 1. The molecule has 2 nitrogen and oxygen atoms in total. The fraction of sp³-hybridized carbons (Fsp3) is 0.611. The lowest BCUT2D eigenvalue weighted by atomic mass is 10.1. The van der Waals surface area contributed by atoms with Crippen LogP contribution in [0.1, 0.15) is 56.4 Å². The predicted octanol–water partition coefficient (Wildman–Crippen LogP) is 4.38. The molecular formula is C18H22ClNO. The molecule has 0 N–H and O–H groups in total. The van der Waals surface area contributed by atoms with E-state index in [2.05, 4.69) is 11.0 Å². The predicted molar refractivity (Wildman–Crippen MR) is 84.4 cm³/mol. The monoisotopic (exact) mass is 303 g/mol. The van der Waals surface area contributed by atoms with E-state index in [9.17, 15) is 4.79 Å². The smallest absolute Gasteiger partial charge is 0.226 e. The molecule has 1 aromatic carbocycles. The van der Waals surface area contributed by atoms with Gasteiger partial charge in [-0.25, -0.2) is 0 Å². The molecule has 2 atom stereocenters. The minimum Gasteiger partial charge on any atom is -0.336 e. The zero-order valence-corrected chi connectivity index (χ0v) is 13.1. The van der Waals surface area contributed by atoms with Crippen molar-refractivity contribution in [1.82, 2.24) is 4.90 Å². The number of amides is 1. The largest absolute Gasteiger partial charge is 0.336 e. The molecule has 3 fully saturated rings. The Morgan fingerprint density at radius 3 is 2.38 bits per heavy atom. The summed E-state index contributed by atoms with van der Waals surface area (Å²) in [6.45, 7) is 0. The molecule has 1 aromatic rings. The number of rotatable bonds is 4. The number of halogens is 1. The molecule has 1 amide bonds. The Balaban J connectivity index is 1.49. The molecule has 3 heteroatoms. The highest BCUT2D eigenvalue weighted by molar-refractivity contribution is 6.31. The van der Waals surface area contributed by atoms with Crippen molar-refractivity contribution < 1.29 is 4.79 Å². The van der Waals surface area contributed by atoms with Gasteiger partial charge in [0.2, 0.25) is 5.91 Å². The van der Waals surface area contributed by atoms with Crippen molar-refractivity contribution in [2.75, 3.05) is 0 Å². The Kier molecular flexibility index (Phi) is 3.45. The Morgan fingerprint density at radius 2 is 1.71 bits per heavy atom. The first-order valence-electron chi connectivity index (χ1n) is 8.32. The highest BCUT2D eigenvalue weighted by atomic mass is 35.5. The molecule has 0 aromatic heterocycles. The Hall–Kier alpha value is -1.02. The van der Waals surface area contributed by atoms with Crippen LogP contribution >= 0.6 is 11.6 Å². The molecule has 3 aliphatic carbocycles. The van der Waals surface area contributed by atoms with Gasteiger partial charge in [0.25, 0.3) is 0 Å². The van der Waals surface area contributed by atoms with Crippen LogP contribution in [0.3, 0.4) is 0 Å². The molecular weight excluding hydrogens is 282 g/mol. The Bertz CT molecular complexity index is 548. The second-order valence-corrected chi connectivity index (χ2v) is 7.29. The normalized spacial score (nSPS) is 28.6. The van der Waals surface area contributed by atoms with Gasteiger partial charge in [0.15, 0.2) is 0 Å². The molecule has 0 heterocycles. The third-order valence-corrected chi connectivity index (χ3v) is 5.67. The van der Waals surface area contributed by atoms with Gasteiger partial charge in [-0.05, 0) is 49.7 Å². The van der Waals surface area contributed by atoms with Gasteiger partial charge in [0, 0.05) is 23.0 Å². The highest BCUT2D eigenvalue weighted by Gasteiger charge is 2.50. The van der Waals surface area contributed by atoms with Crippen molar-refractivity contribution in [3.05, 3.63) is 34.9 Å². The number of carbonyl (C=O) groups is 1. The molecule has 0 saturated heterocycles. The highest BCUT2D eigenvalue weighted by Crippen LogP contribution is 2.52. The zero-order chi connectivity index (χ0) is 14.4. The lowest BCUT2D eigenvalue weighted by Gasteiger charge is -2.29. The van der Waals surface area contributed by atoms with E-state index in [4.69, 9.17) is 11.6 Å². The van der Waals surface area contributed by atoms with E-state index in [-0.39, 0.29) is 5.92 Å². The number of hydrogen-bond donors (Lipinski definition) is 0. The van der Waals surface area contributed by atoms with Crippen molar-refractivity contribution in [2.24, 2.45) is 5.92 Å². The van der Waals surface area contributed by atoms with E-state index in [0.717, 1.165) is 11.4 Å². The van der Waals surface area contributed by atoms with E-state index >= 15 is 0 Å². The summed E-state index contributed by atoms with van der Waals surface area (Å²) in [5.74, 6) is 0.953. The summed E-state index contributed by atoms with van der Waals surface area (Å²) in [5, 5.41) is 0.816. The number of carbonyl (C=O) groups excluding carboxylic acids is 1. The second-order valence-electron chi connectivity index (χ2n) is 6.89. The van der Waals surface area contributed by atoms with Crippen molar-refractivity contribution in [1.29, 1.82) is 0 Å². The van der Waals surface area contributed by atoms with Crippen LogP contribution in [0, 0.1) is 5.92 Å². The van der Waals surface area contributed by atoms with E-state index < -0.39 is 0 Å². The summed E-state index contributed by atoms with van der Waals surface area (Å²) in [4.78, 5) is 15.2. The molecule has 21 heavy (non-hydrogen) atoms. The van der Waals surface area contributed by atoms with Crippen LogP contribution in [-0.2, 0) is 4.79 Å². The first kappa shape index (κ1) is 13.6. The topological polar surface area (TPSA) is 20.3 Å². The SMILES string of the molecule is O=C(C1CC1c1ccccc1Cl)N(C1CCCC1)C1CC1. The molecule has 0 aliphatic heterocycles. The van der Waals surface area contributed by atoms with Gasteiger partial charge in [-0.15, -0.1) is 0 Å². The van der Waals surface area contributed by atoms with Gasteiger partial charge in [-0.2, -0.15) is 0 Å². The Labute approximate surface area is 131 Å². The minimum absolute atomic E-state index is 0.186. The van der Waals surface area contributed by atoms with Gasteiger partial charge >= 0.3 is 0 Å². The van der Waals surface area contributed by atoms with Crippen LogP contribution in [0.25, 0.3) is 0 Å². The van der Waals surface area contributed by atoms with Crippen molar-refractivity contribution >= 4 is 17.5 Å². The molecule has 0 bridgehead atoms. The summed E-state index contributed by atoms with van der Waals surface area (Å²) >= 11 is 6.29. The van der Waals surface area contributed by atoms with Gasteiger partial charge in [-0.1, -0.05) is 42.6 Å². The third kappa shape index (κ3) is 2.59. The lowest BCUT2D eigenvalue weighted by molar-refractivity contribution is -0.135. The fourth-order valence-corrected chi connectivity index (χ4v) is 4.25. The van der Waals surface area contributed by atoms with Crippen molar-refractivity contribution in [3.63, 3.8) is 0 Å². The van der Waals surface area contributed by atoms with Crippen LogP contribution < -0.4 is 0 Å². The Morgan fingerprint density at radius 1 is 1.05 bits per heavy atom. The maximum Gasteiger partial charge on any atom is 0.226 e. The number of hydrogen-bond acceptors (Lipinski definition) is 1. The summed E-state index contributed by atoms with van der Waals surface area (Å²) in [6.07, 6.45) is 8.42. The molecule has 4 rings (SSSR count). The molecule has 0 spiro atoms. The van der Waals surface area contributed by atoms with Crippen LogP contribution in [0.2, 0.25) is 5.02 Å². The standard InChI is InChI=1S/C18H22ClNO/c19-17-8-4-3-7-14(17)15-11-16(15)18(21)20(13-9-10-13)12-5-1-2-6-12/h3-4,7-8,12-13,15-16H,1-2,5-6,9-11H2. The third-order valence-electron chi connectivity index (χ3n) is 5.33. The van der Waals surface area contributed by atoms with Crippen LogP contribution in [0.15, 0.2) is 24.3 Å². The zero-order valence-electron chi connectivity index (χ0n) is 12.3. The van der Waals surface area contributed by atoms with Gasteiger partial charge in [0.05, 0.1) is 0 Å². The number of benzene rings is 1. The van der Waals surface area contributed by atoms with E-state index in [1.807, 2.05) is 18.2 Å². The van der Waals surface area contributed by atoms with Gasteiger partial charge in [0.1, 0.15) is 0 Å². The average Bonchev–Trinajstić information content (AvgIpc) is 3.39. The summed E-state index contributed by atoms with van der Waals surface area (Å²) in [5.41, 5.74) is 1.17. The quantitative estimate of drug-likeness (QED) is 0.808. The molecule has 112 valence electrons. The van der Waals surface area contributed by atoms with Crippen LogP contribution in [-0.4, -0.2) is 22.9 Å². The maximum atomic E-state index is 13.0. The molecule has 0 radical (unpaired) electrons.